The lowest BCUT2D eigenvalue weighted by Gasteiger charge is -2.24. The van der Waals surface area contributed by atoms with Crippen molar-refractivity contribution in [1.29, 1.82) is 0 Å². The summed E-state index contributed by atoms with van der Waals surface area (Å²) in [6, 6.07) is 6.19. The fourth-order valence-corrected chi connectivity index (χ4v) is 3.94. The van der Waals surface area contributed by atoms with E-state index in [1.165, 1.54) is 17.9 Å². The number of nitrogens with one attached hydrogen (secondary N) is 1. The van der Waals surface area contributed by atoms with Gasteiger partial charge in [0.25, 0.3) is 0 Å². The number of rotatable bonds is 3. The average Bonchev–Trinajstić information content (AvgIpc) is 2.79. The largest absolute Gasteiger partial charge is 0.313 e. The highest BCUT2D eigenvalue weighted by Crippen LogP contribution is 2.38. The second-order valence-corrected chi connectivity index (χ2v) is 5.97. The fourth-order valence-electron chi connectivity index (χ4n) is 2.22. The second kappa shape index (κ2) is 5.63. The molecule has 1 nitrogen and oxygen atoms in total. The van der Waals surface area contributed by atoms with Crippen LogP contribution in [0.15, 0.2) is 18.2 Å². The minimum atomic E-state index is 0.321. The number of thioether (sulfide) groups is 1. The lowest BCUT2D eigenvalue weighted by molar-refractivity contribution is 0.420. The molecule has 0 amide bonds. The van der Waals surface area contributed by atoms with Gasteiger partial charge < -0.3 is 5.32 Å². The molecule has 1 aromatic rings. The molecule has 0 bridgehead atoms. The normalized spacial score (nSPS) is 22.3. The van der Waals surface area contributed by atoms with Gasteiger partial charge in [-0.05, 0) is 42.5 Å². The Kier molecular flexibility index (Phi) is 4.42. The molecule has 0 spiro atoms. The van der Waals surface area contributed by atoms with Gasteiger partial charge in [-0.15, -0.1) is 0 Å². The monoisotopic (exact) mass is 275 g/mol. The molecule has 2 rings (SSSR count). The van der Waals surface area contributed by atoms with E-state index in [-0.39, 0.29) is 0 Å². The summed E-state index contributed by atoms with van der Waals surface area (Å²) in [4.78, 5) is 0. The Labute approximate surface area is 111 Å². The Morgan fingerprint density at radius 3 is 2.88 bits per heavy atom. The summed E-state index contributed by atoms with van der Waals surface area (Å²) >= 11 is 14.3. The van der Waals surface area contributed by atoms with E-state index in [0.717, 1.165) is 5.56 Å². The first-order valence-corrected chi connectivity index (χ1v) is 7.34. The SMILES string of the molecule is CNC(c1cccc(Cl)c1Cl)C1CCSC1. The quantitative estimate of drug-likeness (QED) is 0.895. The zero-order valence-corrected chi connectivity index (χ0v) is 11.5. The summed E-state index contributed by atoms with van der Waals surface area (Å²) in [6.07, 6.45) is 1.25. The van der Waals surface area contributed by atoms with Crippen molar-refractivity contribution in [2.24, 2.45) is 5.92 Å². The van der Waals surface area contributed by atoms with Gasteiger partial charge in [-0.1, -0.05) is 35.3 Å². The van der Waals surface area contributed by atoms with Crippen LogP contribution in [0.4, 0.5) is 0 Å². The van der Waals surface area contributed by atoms with Crippen LogP contribution in [-0.2, 0) is 0 Å². The summed E-state index contributed by atoms with van der Waals surface area (Å²) in [6.45, 7) is 0. The third-order valence-electron chi connectivity index (χ3n) is 3.06. The molecule has 4 heteroatoms. The summed E-state index contributed by atoms with van der Waals surface area (Å²) in [5, 5.41) is 4.71. The minimum Gasteiger partial charge on any atom is -0.313 e. The number of hydrogen-bond acceptors (Lipinski definition) is 2. The molecule has 1 heterocycles. The van der Waals surface area contributed by atoms with E-state index in [1.807, 2.05) is 30.9 Å². The third kappa shape index (κ3) is 2.51. The number of halogens is 2. The molecular formula is C12H15Cl2NS. The zero-order chi connectivity index (χ0) is 11.5. The molecule has 2 unspecified atom stereocenters. The van der Waals surface area contributed by atoms with Crippen LogP contribution >= 0.6 is 35.0 Å². The van der Waals surface area contributed by atoms with Gasteiger partial charge >= 0.3 is 0 Å². The summed E-state index contributed by atoms with van der Waals surface area (Å²) < 4.78 is 0. The Morgan fingerprint density at radius 1 is 1.44 bits per heavy atom. The van der Waals surface area contributed by atoms with Crippen molar-refractivity contribution in [3.63, 3.8) is 0 Å². The molecule has 0 saturated carbocycles. The zero-order valence-electron chi connectivity index (χ0n) is 9.17. The highest BCUT2D eigenvalue weighted by molar-refractivity contribution is 7.99. The van der Waals surface area contributed by atoms with Gasteiger partial charge in [-0.2, -0.15) is 11.8 Å². The number of hydrogen-bond donors (Lipinski definition) is 1. The van der Waals surface area contributed by atoms with E-state index in [0.29, 0.717) is 22.0 Å². The van der Waals surface area contributed by atoms with Crippen LogP contribution in [0, 0.1) is 5.92 Å². The van der Waals surface area contributed by atoms with E-state index < -0.39 is 0 Å². The van der Waals surface area contributed by atoms with Gasteiger partial charge in [0, 0.05) is 6.04 Å². The maximum absolute atomic E-state index is 6.27. The van der Waals surface area contributed by atoms with Crippen LogP contribution in [0.25, 0.3) is 0 Å². The van der Waals surface area contributed by atoms with Crippen LogP contribution in [0.2, 0.25) is 10.0 Å². The van der Waals surface area contributed by atoms with Crippen molar-refractivity contribution in [2.75, 3.05) is 18.6 Å². The van der Waals surface area contributed by atoms with Crippen molar-refractivity contribution in [3.8, 4) is 0 Å². The van der Waals surface area contributed by atoms with Crippen LogP contribution in [0.5, 0.6) is 0 Å². The third-order valence-corrected chi connectivity index (χ3v) is 5.09. The molecule has 0 radical (unpaired) electrons. The summed E-state index contributed by atoms with van der Waals surface area (Å²) in [7, 11) is 1.99. The van der Waals surface area contributed by atoms with E-state index in [4.69, 9.17) is 23.2 Å². The molecule has 1 aliphatic rings. The maximum Gasteiger partial charge on any atom is 0.0640 e. The first-order valence-electron chi connectivity index (χ1n) is 5.43. The molecular weight excluding hydrogens is 261 g/mol. The Hall–Kier alpha value is 0.110. The van der Waals surface area contributed by atoms with Gasteiger partial charge in [-0.25, -0.2) is 0 Å². The fraction of sp³-hybridized carbons (Fsp3) is 0.500. The summed E-state index contributed by atoms with van der Waals surface area (Å²) in [5.74, 6) is 3.11. The van der Waals surface area contributed by atoms with E-state index in [1.54, 1.807) is 0 Å². The van der Waals surface area contributed by atoms with Crippen LogP contribution in [0.3, 0.4) is 0 Å². The van der Waals surface area contributed by atoms with E-state index >= 15 is 0 Å². The minimum absolute atomic E-state index is 0.321. The Balaban J connectivity index is 2.28. The van der Waals surface area contributed by atoms with E-state index in [2.05, 4.69) is 11.4 Å². The Bertz CT molecular complexity index is 364. The number of benzene rings is 1. The molecule has 0 aromatic heterocycles. The standard InChI is InChI=1S/C12H15Cl2NS/c1-15-12(8-5-6-16-7-8)9-3-2-4-10(13)11(9)14/h2-4,8,12,15H,5-7H2,1H3. The molecule has 1 saturated heterocycles. The van der Waals surface area contributed by atoms with Crippen LogP contribution in [0.1, 0.15) is 18.0 Å². The second-order valence-electron chi connectivity index (χ2n) is 4.03. The predicted molar refractivity (Wildman–Crippen MR) is 73.7 cm³/mol. The molecule has 1 N–H and O–H groups in total. The van der Waals surface area contributed by atoms with Gasteiger partial charge in [0.2, 0.25) is 0 Å². The van der Waals surface area contributed by atoms with Gasteiger partial charge in [-0.3, -0.25) is 0 Å². The molecule has 1 aliphatic heterocycles. The van der Waals surface area contributed by atoms with Gasteiger partial charge in [0.15, 0.2) is 0 Å². The van der Waals surface area contributed by atoms with Crippen molar-refractivity contribution >= 4 is 35.0 Å². The lowest BCUT2D eigenvalue weighted by atomic mass is 9.92. The molecule has 16 heavy (non-hydrogen) atoms. The summed E-state index contributed by atoms with van der Waals surface area (Å²) in [5.41, 5.74) is 1.13. The molecule has 2 atom stereocenters. The van der Waals surface area contributed by atoms with Gasteiger partial charge in [0.1, 0.15) is 0 Å². The average molecular weight is 276 g/mol. The molecule has 1 fully saturated rings. The van der Waals surface area contributed by atoms with Crippen molar-refractivity contribution in [1.82, 2.24) is 5.32 Å². The highest BCUT2D eigenvalue weighted by atomic mass is 35.5. The van der Waals surface area contributed by atoms with Gasteiger partial charge in [0.05, 0.1) is 10.0 Å². The Morgan fingerprint density at radius 2 is 2.25 bits per heavy atom. The highest BCUT2D eigenvalue weighted by Gasteiger charge is 2.27. The topological polar surface area (TPSA) is 12.0 Å². The first-order chi connectivity index (χ1) is 7.74. The predicted octanol–water partition coefficient (Wildman–Crippen LogP) is 4.01. The van der Waals surface area contributed by atoms with Crippen LogP contribution in [-0.4, -0.2) is 18.6 Å². The smallest absolute Gasteiger partial charge is 0.0640 e. The van der Waals surface area contributed by atoms with Crippen molar-refractivity contribution in [3.05, 3.63) is 33.8 Å². The molecule has 1 aromatic carbocycles. The lowest BCUT2D eigenvalue weighted by Crippen LogP contribution is -2.25. The molecule has 88 valence electrons. The van der Waals surface area contributed by atoms with Crippen molar-refractivity contribution < 1.29 is 0 Å². The molecule has 0 aliphatic carbocycles. The first kappa shape index (κ1) is 12.6. The maximum atomic E-state index is 6.27. The van der Waals surface area contributed by atoms with Crippen molar-refractivity contribution in [2.45, 2.75) is 12.5 Å². The van der Waals surface area contributed by atoms with Crippen LogP contribution < -0.4 is 5.32 Å². The van der Waals surface area contributed by atoms with E-state index in [9.17, 15) is 0 Å².